The molecule has 1 heterocycles. The standard InChI is InChI=1S/C12H18ClN3/c1-2-16(8-4-7-13)12-10-5-3-6-11(10)14-9-15-12/h9H,2-8H2,1H3. The minimum Gasteiger partial charge on any atom is -0.357 e. The molecule has 0 amide bonds. The molecule has 3 nitrogen and oxygen atoms in total. The second kappa shape index (κ2) is 5.48. The molecule has 0 saturated heterocycles. The Balaban J connectivity index is 2.21. The maximum Gasteiger partial charge on any atom is 0.135 e. The third-order valence-electron chi connectivity index (χ3n) is 3.10. The van der Waals surface area contributed by atoms with Crippen molar-refractivity contribution in [2.45, 2.75) is 32.6 Å². The number of anilines is 1. The van der Waals surface area contributed by atoms with Crippen LogP contribution in [0.3, 0.4) is 0 Å². The largest absolute Gasteiger partial charge is 0.357 e. The first-order chi connectivity index (χ1) is 7.86. The van der Waals surface area contributed by atoms with Crippen LogP contribution in [0.2, 0.25) is 0 Å². The van der Waals surface area contributed by atoms with Gasteiger partial charge in [-0.05, 0) is 32.6 Å². The summed E-state index contributed by atoms with van der Waals surface area (Å²) in [7, 11) is 0. The van der Waals surface area contributed by atoms with E-state index in [1.807, 2.05) is 0 Å². The molecule has 4 heteroatoms. The van der Waals surface area contributed by atoms with E-state index in [2.05, 4.69) is 21.8 Å². The molecule has 0 spiro atoms. The van der Waals surface area contributed by atoms with E-state index < -0.39 is 0 Å². The van der Waals surface area contributed by atoms with Crippen molar-refractivity contribution >= 4 is 17.4 Å². The molecule has 1 aliphatic carbocycles. The van der Waals surface area contributed by atoms with Gasteiger partial charge in [0.1, 0.15) is 12.1 Å². The molecule has 0 radical (unpaired) electrons. The lowest BCUT2D eigenvalue weighted by molar-refractivity contribution is 0.771. The SMILES string of the molecule is CCN(CCCCl)c1ncnc2c1CCC2. The Bertz CT molecular complexity index is 354. The Morgan fingerprint density at radius 1 is 1.38 bits per heavy atom. The molecular weight excluding hydrogens is 222 g/mol. The predicted octanol–water partition coefficient (Wildman–Crippen LogP) is 2.42. The molecular formula is C12H18ClN3. The first-order valence-electron chi connectivity index (χ1n) is 6.00. The smallest absolute Gasteiger partial charge is 0.135 e. The van der Waals surface area contributed by atoms with Gasteiger partial charge in [-0.15, -0.1) is 11.6 Å². The Kier molecular flexibility index (Phi) is 3.99. The van der Waals surface area contributed by atoms with Gasteiger partial charge in [0.15, 0.2) is 0 Å². The fraction of sp³-hybridized carbons (Fsp3) is 0.667. The van der Waals surface area contributed by atoms with Crippen LogP contribution >= 0.6 is 11.6 Å². The average molecular weight is 240 g/mol. The Hall–Kier alpha value is -0.830. The third kappa shape index (κ3) is 2.29. The molecule has 88 valence electrons. The van der Waals surface area contributed by atoms with Crippen molar-refractivity contribution in [1.29, 1.82) is 0 Å². The third-order valence-corrected chi connectivity index (χ3v) is 3.36. The monoisotopic (exact) mass is 239 g/mol. The second-order valence-electron chi connectivity index (χ2n) is 4.10. The van der Waals surface area contributed by atoms with E-state index in [1.165, 1.54) is 17.7 Å². The van der Waals surface area contributed by atoms with Crippen LogP contribution < -0.4 is 4.90 Å². The lowest BCUT2D eigenvalue weighted by Crippen LogP contribution is -2.26. The summed E-state index contributed by atoms with van der Waals surface area (Å²) >= 11 is 5.75. The van der Waals surface area contributed by atoms with Crippen molar-refractivity contribution in [2.75, 3.05) is 23.9 Å². The quantitative estimate of drug-likeness (QED) is 0.739. The van der Waals surface area contributed by atoms with Gasteiger partial charge in [0.05, 0.1) is 0 Å². The number of alkyl halides is 1. The Labute approximate surface area is 102 Å². The molecule has 0 saturated carbocycles. The summed E-state index contributed by atoms with van der Waals surface area (Å²) in [5.74, 6) is 1.85. The van der Waals surface area contributed by atoms with Crippen LogP contribution in [0.25, 0.3) is 0 Å². The zero-order chi connectivity index (χ0) is 11.4. The molecule has 0 unspecified atom stereocenters. The van der Waals surface area contributed by atoms with Crippen molar-refractivity contribution < 1.29 is 0 Å². The topological polar surface area (TPSA) is 29.0 Å². The molecule has 0 atom stereocenters. The normalized spacial score (nSPS) is 13.9. The number of fused-ring (bicyclic) bond motifs is 1. The van der Waals surface area contributed by atoms with Crippen molar-refractivity contribution in [1.82, 2.24) is 9.97 Å². The zero-order valence-electron chi connectivity index (χ0n) is 9.75. The summed E-state index contributed by atoms with van der Waals surface area (Å²) in [5.41, 5.74) is 2.60. The van der Waals surface area contributed by atoms with Crippen molar-refractivity contribution in [3.8, 4) is 0 Å². The van der Waals surface area contributed by atoms with Crippen LogP contribution in [0.4, 0.5) is 5.82 Å². The van der Waals surface area contributed by atoms with Crippen LogP contribution in [0.15, 0.2) is 6.33 Å². The van der Waals surface area contributed by atoms with Gasteiger partial charge in [-0.25, -0.2) is 9.97 Å². The van der Waals surface area contributed by atoms with Gasteiger partial charge in [0, 0.05) is 30.2 Å². The van der Waals surface area contributed by atoms with Gasteiger partial charge < -0.3 is 4.90 Å². The molecule has 0 aromatic carbocycles. The highest BCUT2D eigenvalue weighted by Crippen LogP contribution is 2.27. The van der Waals surface area contributed by atoms with E-state index in [9.17, 15) is 0 Å². The van der Waals surface area contributed by atoms with Crippen LogP contribution in [0.5, 0.6) is 0 Å². The van der Waals surface area contributed by atoms with Crippen LogP contribution in [0.1, 0.15) is 31.0 Å². The van der Waals surface area contributed by atoms with Gasteiger partial charge in [-0.1, -0.05) is 0 Å². The zero-order valence-corrected chi connectivity index (χ0v) is 10.5. The summed E-state index contributed by atoms with van der Waals surface area (Å²) in [6.45, 7) is 4.14. The molecule has 1 aromatic heterocycles. The average Bonchev–Trinajstić information content (AvgIpc) is 2.78. The molecule has 1 aliphatic rings. The minimum atomic E-state index is 0.712. The number of aryl methyl sites for hydroxylation is 1. The molecule has 2 rings (SSSR count). The number of nitrogens with zero attached hydrogens (tertiary/aromatic N) is 3. The minimum absolute atomic E-state index is 0.712. The fourth-order valence-electron chi connectivity index (χ4n) is 2.28. The van der Waals surface area contributed by atoms with Crippen LogP contribution in [0, 0.1) is 0 Å². The molecule has 0 aliphatic heterocycles. The lowest BCUT2D eigenvalue weighted by atomic mass is 10.2. The van der Waals surface area contributed by atoms with E-state index in [1.54, 1.807) is 6.33 Å². The Morgan fingerprint density at radius 3 is 3.00 bits per heavy atom. The fourth-order valence-corrected chi connectivity index (χ4v) is 2.40. The maximum atomic E-state index is 5.75. The van der Waals surface area contributed by atoms with Crippen molar-refractivity contribution in [3.05, 3.63) is 17.6 Å². The number of hydrogen-bond acceptors (Lipinski definition) is 3. The van der Waals surface area contributed by atoms with Crippen molar-refractivity contribution in [2.24, 2.45) is 0 Å². The highest BCUT2D eigenvalue weighted by atomic mass is 35.5. The van der Waals surface area contributed by atoms with Gasteiger partial charge in [-0.3, -0.25) is 0 Å². The summed E-state index contributed by atoms with van der Waals surface area (Å²) < 4.78 is 0. The first kappa shape index (κ1) is 11.6. The first-order valence-corrected chi connectivity index (χ1v) is 6.54. The molecule has 1 aromatic rings. The Morgan fingerprint density at radius 2 is 2.25 bits per heavy atom. The molecule has 0 bridgehead atoms. The van der Waals surface area contributed by atoms with E-state index in [0.29, 0.717) is 5.88 Å². The lowest BCUT2D eigenvalue weighted by Gasteiger charge is -2.23. The number of hydrogen-bond donors (Lipinski definition) is 0. The summed E-state index contributed by atoms with van der Waals surface area (Å²) in [6.07, 6.45) is 6.16. The summed E-state index contributed by atoms with van der Waals surface area (Å²) in [6, 6.07) is 0. The van der Waals surface area contributed by atoms with Gasteiger partial charge in [-0.2, -0.15) is 0 Å². The summed E-state index contributed by atoms with van der Waals surface area (Å²) in [4.78, 5) is 11.1. The van der Waals surface area contributed by atoms with Crippen LogP contribution in [-0.2, 0) is 12.8 Å². The van der Waals surface area contributed by atoms with E-state index >= 15 is 0 Å². The number of rotatable bonds is 5. The predicted molar refractivity (Wildman–Crippen MR) is 67.3 cm³/mol. The maximum absolute atomic E-state index is 5.75. The second-order valence-corrected chi connectivity index (χ2v) is 4.48. The number of halogens is 1. The van der Waals surface area contributed by atoms with E-state index in [4.69, 9.17) is 11.6 Å². The highest BCUT2D eigenvalue weighted by molar-refractivity contribution is 6.17. The number of aromatic nitrogens is 2. The highest BCUT2D eigenvalue weighted by Gasteiger charge is 2.19. The van der Waals surface area contributed by atoms with E-state index in [0.717, 1.165) is 38.2 Å². The van der Waals surface area contributed by atoms with Gasteiger partial charge in [0.2, 0.25) is 0 Å². The molecule has 0 fully saturated rings. The van der Waals surface area contributed by atoms with Gasteiger partial charge >= 0.3 is 0 Å². The molecule has 0 N–H and O–H groups in total. The molecule has 16 heavy (non-hydrogen) atoms. The van der Waals surface area contributed by atoms with E-state index in [-0.39, 0.29) is 0 Å². The van der Waals surface area contributed by atoms with Gasteiger partial charge in [0.25, 0.3) is 0 Å². The van der Waals surface area contributed by atoms with Crippen molar-refractivity contribution in [3.63, 3.8) is 0 Å². The summed E-state index contributed by atoms with van der Waals surface area (Å²) in [5, 5.41) is 0. The van der Waals surface area contributed by atoms with Crippen LogP contribution in [-0.4, -0.2) is 28.9 Å².